The second kappa shape index (κ2) is 5.16. The zero-order chi connectivity index (χ0) is 9.14. The maximum atomic E-state index is 5.56. The standard InChI is InChI=1S/C7H14N4O.ClH/c1-4(8)3-6-10-7(5(2)9)12-11-6;/h4-5H,3,8-9H2,1-2H3;1H. The fraction of sp³-hybridized carbons (Fsp3) is 0.714. The first-order valence-corrected chi connectivity index (χ1v) is 3.93. The van der Waals surface area contributed by atoms with Gasteiger partial charge in [-0.25, -0.2) is 0 Å². The summed E-state index contributed by atoms with van der Waals surface area (Å²) < 4.78 is 4.89. The van der Waals surface area contributed by atoms with Gasteiger partial charge in [0.25, 0.3) is 0 Å². The molecule has 0 aliphatic rings. The molecular formula is C7H15ClN4O. The molecule has 0 saturated heterocycles. The van der Waals surface area contributed by atoms with Crippen molar-refractivity contribution in [3.63, 3.8) is 0 Å². The van der Waals surface area contributed by atoms with Crippen LogP contribution in [0.25, 0.3) is 0 Å². The van der Waals surface area contributed by atoms with Crippen LogP contribution in [0.5, 0.6) is 0 Å². The first-order chi connectivity index (χ1) is 5.59. The minimum absolute atomic E-state index is 0. The monoisotopic (exact) mass is 206 g/mol. The molecule has 2 atom stereocenters. The van der Waals surface area contributed by atoms with Gasteiger partial charge >= 0.3 is 0 Å². The van der Waals surface area contributed by atoms with Gasteiger partial charge in [0.05, 0.1) is 6.04 Å². The van der Waals surface area contributed by atoms with Crippen molar-refractivity contribution in [2.75, 3.05) is 0 Å². The summed E-state index contributed by atoms with van der Waals surface area (Å²) in [5.41, 5.74) is 11.1. The van der Waals surface area contributed by atoms with E-state index in [1.807, 2.05) is 6.92 Å². The molecule has 5 nitrogen and oxygen atoms in total. The van der Waals surface area contributed by atoms with Crippen LogP contribution in [0.15, 0.2) is 4.52 Å². The van der Waals surface area contributed by atoms with E-state index in [1.165, 1.54) is 0 Å². The number of hydrogen-bond donors (Lipinski definition) is 2. The Morgan fingerprint density at radius 2 is 2.00 bits per heavy atom. The van der Waals surface area contributed by atoms with Gasteiger partial charge in [-0.3, -0.25) is 0 Å². The van der Waals surface area contributed by atoms with E-state index in [0.29, 0.717) is 18.1 Å². The highest BCUT2D eigenvalue weighted by atomic mass is 35.5. The van der Waals surface area contributed by atoms with Crippen molar-refractivity contribution in [2.24, 2.45) is 11.5 Å². The van der Waals surface area contributed by atoms with Gasteiger partial charge in [0, 0.05) is 12.5 Å². The maximum absolute atomic E-state index is 5.56. The number of halogens is 1. The normalized spacial score (nSPS) is 14.8. The van der Waals surface area contributed by atoms with Crippen molar-refractivity contribution in [2.45, 2.75) is 32.4 Å². The molecule has 0 amide bonds. The summed E-state index contributed by atoms with van der Waals surface area (Å²) in [6.07, 6.45) is 0.621. The number of aromatic nitrogens is 2. The van der Waals surface area contributed by atoms with Gasteiger partial charge in [0.2, 0.25) is 5.89 Å². The number of nitrogens with zero attached hydrogens (tertiary/aromatic N) is 2. The molecule has 13 heavy (non-hydrogen) atoms. The predicted molar refractivity (Wildman–Crippen MR) is 51.5 cm³/mol. The lowest BCUT2D eigenvalue weighted by molar-refractivity contribution is 0.356. The minimum atomic E-state index is -0.209. The molecule has 4 N–H and O–H groups in total. The summed E-state index contributed by atoms with van der Waals surface area (Å²) in [6, 6.07) is -0.164. The van der Waals surface area contributed by atoms with E-state index < -0.39 is 0 Å². The molecule has 0 aliphatic carbocycles. The fourth-order valence-electron chi connectivity index (χ4n) is 0.823. The lowest BCUT2D eigenvalue weighted by Crippen LogP contribution is -2.18. The van der Waals surface area contributed by atoms with Gasteiger partial charge in [-0.2, -0.15) is 4.98 Å². The van der Waals surface area contributed by atoms with E-state index in [-0.39, 0.29) is 24.5 Å². The Labute approximate surface area is 83.3 Å². The largest absolute Gasteiger partial charge is 0.338 e. The first-order valence-electron chi connectivity index (χ1n) is 3.93. The lowest BCUT2D eigenvalue weighted by Gasteiger charge is -1.97. The van der Waals surface area contributed by atoms with Crippen LogP contribution in [0.4, 0.5) is 0 Å². The highest BCUT2D eigenvalue weighted by Gasteiger charge is 2.10. The van der Waals surface area contributed by atoms with Gasteiger partial charge < -0.3 is 16.0 Å². The van der Waals surface area contributed by atoms with Crippen molar-refractivity contribution in [3.8, 4) is 0 Å². The Kier molecular flexibility index (Phi) is 4.90. The zero-order valence-corrected chi connectivity index (χ0v) is 8.54. The lowest BCUT2D eigenvalue weighted by atomic mass is 10.2. The van der Waals surface area contributed by atoms with E-state index in [4.69, 9.17) is 16.0 Å². The van der Waals surface area contributed by atoms with Gasteiger partial charge in [-0.15, -0.1) is 12.4 Å². The topological polar surface area (TPSA) is 91.0 Å². The van der Waals surface area contributed by atoms with Crippen molar-refractivity contribution in [3.05, 3.63) is 11.7 Å². The molecule has 0 saturated carbocycles. The average Bonchev–Trinajstić information content (AvgIpc) is 2.34. The molecule has 1 aromatic rings. The molecule has 0 spiro atoms. The Hall–Kier alpha value is -0.650. The molecule has 0 aromatic carbocycles. The quantitative estimate of drug-likeness (QED) is 0.747. The van der Waals surface area contributed by atoms with Crippen LogP contribution in [-0.4, -0.2) is 16.2 Å². The summed E-state index contributed by atoms with van der Waals surface area (Å²) in [6.45, 7) is 3.69. The highest BCUT2D eigenvalue weighted by molar-refractivity contribution is 5.85. The molecule has 2 unspecified atom stereocenters. The second-order valence-corrected chi connectivity index (χ2v) is 3.02. The van der Waals surface area contributed by atoms with Crippen LogP contribution >= 0.6 is 12.4 Å². The molecule has 0 bridgehead atoms. The third-order valence-electron chi connectivity index (χ3n) is 1.38. The van der Waals surface area contributed by atoms with E-state index in [1.54, 1.807) is 6.92 Å². The summed E-state index contributed by atoms with van der Waals surface area (Å²) >= 11 is 0. The summed E-state index contributed by atoms with van der Waals surface area (Å²) in [5.74, 6) is 1.09. The Balaban J connectivity index is 0.00000144. The fourth-order valence-corrected chi connectivity index (χ4v) is 0.823. The van der Waals surface area contributed by atoms with Crippen LogP contribution in [0.3, 0.4) is 0 Å². The van der Waals surface area contributed by atoms with E-state index in [9.17, 15) is 0 Å². The van der Waals surface area contributed by atoms with Crippen LogP contribution in [0.2, 0.25) is 0 Å². The third kappa shape index (κ3) is 3.71. The Morgan fingerprint density at radius 1 is 1.38 bits per heavy atom. The maximum Gasteiger partial charge on any atom is 0.243 e. The van der Waals surface area contributed by atoms with Crippen molar-refractivity contribution >= 4 is 12.4 Å². The summed E-state index contributed by atoms with van der Waals surface area (Å²) in [7, 11) is 0. The van der Waals surface area contributed by atoms with Gasteiger partial charge in [-0.1, -0.05) is 5.16 Å². The summed E-state index contributed by atoms with van der Waals surface area (Å²) in [5, 5.41) is 3.73. The van der Waals surface area contributed by atoms with Crippen molar-refractivity contribution in [1.82, 2.24) is 10.1 Å². The molecule has 1 heterocycles. The SMILES string of the molecule is CC(N)Cc1noc(C(C)N)n1.Cl. The van der Waals surface area contributed by atoms with Crippen LogP contribution in [0.1, 0.15) is 31.6 Å². The first kappa shape index (κ1) is 12.3. The Bertz CT molecular complexity index is 248. The predicted octanol–water partition coefficient (Wildman–Crippen LogP) is 0.401. The van der Waals surface area contributed by atoms with E-state index >= 15 is 0 Å². The molecule has 76 valence electrons. The van der Waals surface area contributed by atoms with Crippen LogP contribution < -0.4 is 11.5 Å². The minimum Gasteiger partial charge on any atom is -0.338 e. The molecule has 1 aromatic heterocycles. The smallest absolute Gasteiger partial charge is 0.243 e. The highest BCUT2D eigenvalue weighted by Crippen LogP contribution is 2.06. The molecule has 0 aliphatic heterocycles. The van der Waals surface area contributed by atoms with Gasteiger partial charge in [0.1, 0.15) is 0 Å². The number of rotatable bonds is 3. The molecular weight excluding hydrogens is 192 g/mol. The molecule has 1 rings (SSSR count). The van der Waals surface area contributed by atoms with Crippen molar-refractivity contribution in [1.29, 1.82) is 0 Å². The van der Waals surface area contributed by atoms with E-state index in [2.05, 4.69) is 10.1 Å². The molecule has 6 heteroatoms. The average molecular weight is 207 g/mol. The molecule has 0 fully saturated rings. The van der Waals surface area contributed by atoms with Crippen LogP contribution in [0, 0.1) is 0 Å². The van der Waals surface area contributed by atoms with Crippen molar-refractivity contribution < 1.29 is 4.52 Å². The van der Waals surface area contributed by atoms with E-state index in [0.717, 1.165) is 0 Å². The molecule has 0 radical (unpaired) electrons. The third-order valence-corrected chi connectivity index (χ3v) is 1.38. The zero-order valence-electron chi connectivity index (χ0n) is 7.73. The number of nitrogens with two attached hydrogens (primary N) is 2. The number of hydrogen-bond acceptors (Lipinski definition) is 5. The second-order valence-electron chi connectivity index (χ2n) is 3.02. The Morgan fingerprint density at radius 3 is 2.38 bits per heavy atom. The van der Waals surface area contributed by atoms with Gasteiger partial charge in [-0.05, 0) is 13.8 Å². The van der Waals surface area contributed by atoms with Gasteiger partial charge in [0.15, 0.2) is 5.82 Å². The summed E-state index contributed by atoms with van der Waals surface area (Å²) in [4.78, 5) is 4.07. The van der Waals surface area contributed by atoms with Crippen LogP contribution in [-0.2, 0) is 6.42 Å².